The van der Waals surface area contributed by atoms with Crippen LogP contribution in [-0.2, 0) is 19.6 Å². The fourth-order valence-corrected chi connectivity index (χ4v) is 4.76. The van der Waals surface area contributed by atoms with Gasteiger partial charge in [-0.15, -0.1) is 0 Å². The summed E-state index contributed by atoms with van der Waals surface area (Å²) in [6, 6.07) is 26.7. The van der Waals surface area contributed by atoms with E-state index in [2.05, 4.69) is 71.8 Å². The molecule has 0 aliphatic rings. The van der Waals surface area contributed by atoms with E-state index in [-0.39, 0.29) is 5.75 Å². The van der Waals surface area contributed by atoms with Crippen LogP contribution < -0.4 is 4.74 Å². The smallest absolute Gasteiger partial charge is 0.162 e. The number of phenols is 1. The predicted octanol–water partition coefficient (Wildman–Crippen LogP) is 7.53. The van der Waals surface area contributed by atoms with E-state index in [1.165, 1.54) is 5.69 Å². The zero-order valence-corrected chi connectivity index (χ0v) is 22.4. The highest BCUT2D eigenvalue weighted by Crippen LogP contribution is 2.33. The van der Waals surface area contributed by atoms with Gasteiger partial charge in [0, 0.05) is 36.3 Å². The second-order valence-corrected chi connectivity index (χ2v) is 9.38. The number of benzene rings is 3. The molecule has 0 fully saturated rings. The summed E-state index contributed by atoms with van der Waals surface area (Å²) in [7, 11) is 0. The predicted molar refractivity (Wildman–Crippen MR) is 152 cm³/mol. The first kappa shape index (κ1) is 26.5. The Labute approximate surface area is 221 Å². The van der Waals surface area contributed by atoms with Gasteiger partial charge in [-0.25, -0.2) is 4.98 Å². The van der Waals surface area contributed by atoms with Crippen LogP contribution >= 0.6 is 0 Å². The third kappa shape index (κ3) is 6.41. The van der Waals surface area contributed by atoms with Gasteiger partial charge in [-0.2, -0.15) is 0 Å². The van der Waals surface area contributed by atoms with Crippen molar-refractivity contribution in [3.63, 3.8) is 0 Å². The van der Waals surface area contributed by atoms with E-state index in [0.717, 1.165) is 67.1 Å². The Hall–Kier alpha value is -3.57. The van der Waals surface area contributed by atoms with Crippen LogP contribution in [0.15, 0.2) is 78.9 Å². The summed E-state index contributed by atoms with van der Waals surface area (Å²) in [6.45, 7) is 10.1. The average Bonchev–Trinajstić information content (AvgIpc) is 3.28. The zero-order chi connectivity index (χ0) is 26.0. The molecule has 0 unspecified atom stereocenters. The van der Waals surface area contributed by atoms with Crippen LogP contribution in [-0.4, -0.2) is 32.7 Å². The van der Waals surface area contributed by atoms with Crippen molar-refractivity contribution in [3.05, 3.63) is 90.1 Å². The SMILES string of the molecule is CCCCN(Cc1cccc(OCC)c1O)Cc1c(-c2ccccc2)nc(-c2ccccc2)n1CCC. The lowest BCUT2D eigenvalue weighted by atomic mass is 10.1. The Morgan fingerprint density at radius 1 is 0.811 bits per heavy atom. The first-order chi connectivity index (χ1) is 18.2. The van der Waals surface area contributed by atoms with Gasteiger partial charge in [-0.1, -0.05) is 93.1 Å². The van der Waals surface area contributed by atoms with Gasteiger partial charge >= 0.3 is 0 Å². The number of aromatic hydroxyl groups is 1. The van der Waals surface area contributed by atoms with E-state index in [0.29, 0.717) is 18.9 Å². The Bertz CT molecular complexity index is 1250. The maximum absolute atomic E-state index is 10.9. The normalized spacial score (nSPS) is 11.2. The molecule has 1 heterocycles. The maximum atomic E-state index is 10.9. The first-order valence-electron chi connectivity index (χ1n) is 13.5. The van der Waals surface area contributed by atoms with E-state index in [4.69, 9.17) is 9.72 Å². The molecule has 0 bridgehead atoms. The number of unbranched alkanes of at least 4 members (excludes halogenated alkanes) is 1. The number of para-hydroxylation sites is 1. The molecule has 5 nitrogen and oxygen atoms in total. The van der Waals surface area contributed by atoms with Crippen LogP contribution in [0.1, 0.15) is 51.3 Å². The van der Waals surface area contributed by atoms with Crippen LogP contribution in [0.5, 0.6) is 11.5 Å². The molecule has 1 aromatic heterocycles. The molecule has 0 aliphatic carbocycles. The second kappa shape index (κ2) is 13.1. The Kier molecular flexibility index (Phi) is 9.39. The van der Waals surface area contributed by atoms with Gasteiger partial charge in [0.2, 0.25) is 0 Å². The number of imidazole rings is 1. The molecular formula is C32H39N3O2. The standard InChI is InChI=1S/C32H39N3O2/c1-4-7-22-34(23-27-19-14-20-29(31(27)36)37-6-3)24-28-30(25-15-10-8-11-16-25)33-32(35(28)21-5-2)26-17-12-9-13-18-26/h8-20,36H,4-7,21-24H2,1-3H3. The summed E-state index contributed by atoms with van der Waals surface area (Å²) in [4.78, 5) is 7.66. The molecule has 0 radical (unpaired) electrons. The molecule has 3 aromatic carbocycles. The summed E-state index contributed by atoms with van der Waals surface area (Å²) in [5.74, 6) is 1.79. The van der Waals surface area contributed by atoms with Crippen LogP contribution in [0.2, 0.25) is 0 Å². The zero-order valence-electron chi connectivity index (χ0n) is 22.4. The Morgan fingerprint density at radius 3 is 2.16 bits per heavy atom. The van der Waals surface area contributed by atoms with E-state index in [1.807, 2.05) is 37.3 Å². The monoisotopic (exact) mass is 497 g/mol. The number of hydrogen-bond donors (Lipinski definition) is 1. The van der Waals surface area contributed by atoms with E-state index < -0.39 is 0 Å². The number of aromatic nitrogens is 2. The van der Waals surface area contributed by atoms with Crippen molar-refractivity contribution in [1.29, 1.82) is 0 Å². The number of rotatable bonds is 13. The third-order valence-electron chi connectivity index (χ3n) is 6.58. The molecule has 37 heavy (non-hydrogen) atoms. The molecule has 5 heteroatoms. The molecular weight excluding hydrogens is 458 g/mol. The number of ether oxygens (including phenoxy) is 1. The van der Waals surface area contributed by atoms with Crippen LogP contribution in [0.3, 0.4) is 0 Å². The van der Waals surface area contributed by atoms with Crippen molar-refractivity contribution in [3.8, 4) is 34.1 Å². The molecule has 194 valence electrons. The van der Waals surface area contributed by atoms with E-state index in [1.54, 1.807) is 0 Å². The lowest BCUT2D eigenvalue weighted by Gasteiger charge is -2.25. The van der Waals surface area contributed by atoms with E-state index in [9.17, 15) is 5.11 Å². The van der Waals surface area contributed by atoms with Gasteiger partial charge in [0.05, 0.1) is 18.0 Å². The van der Waals surface area contributed by atoms with Crippen molar-refractivity contribution in [2.75, 3.05) is 13.2 Å². The molecule has 0 spiro atoms. The highest BCUT2D eigenvalue weighted by atomic mass is 16.5. The van der Waals surface area contributed by atoms with E-state index >= 15 is 0 Å². The minimum Gasteiger partial charge on any atom is -0.504 e. The average molecular weight is 498 g/mol. The van der Waals surface area contributed by atoms with Gasteiger partial charge in [-0.3, -0.25) is 4.90 Å². The van der Waals surface area contributed by atoms with Crippen LogP contribution in [0.4, 0.5) is 0 Å². The maximum Gasteiger partial charge on any atom is 0.162 e. The number of phenolic OH excluding ortho intramolecular Hbond substituents is 1. The van der Waals surface area contributed by atoms with Crippen LogP contribution in [0.25, 0.3) is 22.6 Å². The molecule has 1 N–H and O–H groups in total. The molecule has 4 rings (SSSR count). The molecule has 0 atom stereocenters. The second-order valence-electron chi connectivity index (χ2n) is 9.38. The minimum atomic E-state index is 0.237. The minimum absolute atomic E-state index is 0.237. The lowest BCUT2D eigenvalue weighted by Crippen LogP contribution is -2.26. The van der Waals surface area contributed by atoms with Crippen molar-refractivity contribution in [2.45, 2.75) is 59.7 Å². The largest absolute Gasteiger partial charge is 0.504 e. The molecule has 0 saturated heterocycles. The van der Waals surface area contributed by atoms with Gasteiger partial charge in [0.15, 0.2) is 11.5 Å². The summed E-state index contributed by atoms with van der Waals surface area (Å²) < 4.78 is 8.05. The first-order valence-corrected chi connectivity index (χ1v) is 13.5. The van der Waals surface area contributed by atoms with Crippen molar-refractivity contribution < 1.29 is 9.84 Å². The Balaban J connectivity index is 1.78. The van der Waals surface area contributed by atoms with Crippen molar-refractivity contribution in [1.82, 2.24) is 14.5 Å². The fourth-order valence-electron chi connectivity index (χ4n) is 4.76. The molecule has 4 aromatic rings. The highest BCUT2D eigenvalue weighted by Gasteiger charge is 2.22. The van der Waals surface area contributed by atoms with Crippen molar-refractivity contribution in [2.24, 2.45) is 0 Å². The summed E-state index contributed by atoms with van der Waals surface area (Å²) in [5.41, 5.74) is 5.38. The molecule has 0 amide bonds. The fraction of sp³-hybridized carbons (Fsp3) is 0.344. The number of nitrogens with zero attached hydrogens (tertiary/aromatic N) is 3. The topological polar surface area (TPSA) is 50.5 Å². The Morgan fingerprint density at radius 2 is 1.51 bits per heavy atom. The number of hydrogen-bond acceptors (Lipinski definition) is 4. The van der Waals surface area contributed by atoms with Crippen LogP contribution in [0, 0.1) is 0 Å². The van der Waals surface area contributed by atoms with Gasteiger partial charge in [0.1, 0.15) is 5.82 Å². The summed E-state index contributed by atoms with van der Waals surface area (Å²) in [6.07, 6.45) is 3.21. The summed E-state index contributed by atoms with van der Waals surface area (Å²) in [5, 5.41) is 10.9. The van der Waals surface area contributed by atoms with Gasteiger partial charge < -0.3 is 14.4 Å². The molecule has 0 saturated carbocycles. The highest BCUT2D eigenvalue weighted by molar-refractivity contribution is 5.68. The quantitative estimate of drug-likeness (QED) is 0.207. The van der Waals surface area contributed by atoms with Gasteiger partial charge in [-0.05, 0) is 32.4 Å². The van der Waals surface area contributed by atoms with Gasteiger partial charge in [0.25, 0.3) is 0 Å². The molecule has 0 aliphatic heterocycles. The van der Waals surface area contributed by atoms with Crippen molar-refractivity contribution >= 4 is 0 Å². The lowest BCUT2D eigenvalue weighted by molar-refractivity contribution is 0.241. The summed E-state index contributed by atoms with van der Waals surface area (Å²) >= 11 is 0. The third-order valence-corrected chi connectivity index (χ3v) is 6.58.